The van der Waals surface area contributed by atoms with Gasteiger partial charge < -0.3 is 15.7 Å². The van der Waals surface area contributed by atoms with Crippen LogP contribution in [0.15, 0.2) is 0 Å². The number of thioether (sulfide) groups is 1. The first-order chi connectivity index (χ1) is 10.3. The topological polar surface area (TPSA) is 121 Å². The Balaban J connectivity index is 2.42. The van der Waals surface area contributed by atoms with Crippen LogP contribution < -0.4 is 5.73 Å². The summed E-state index contributed by atoms with van der Waals surface area (Å²) in [6, 6.07) is -0.896. The summed E-state index contributed by atoms with van der Waals surface area (Å²) in [4.78, 5) is 48.6. The number of hydrogen-bond donors (Lipinski definition) is 2. The Bertz CT molecular complexity index is 471. The highest BCUT2D eigenvalue weighted by atomic mass is 32.2. The first-order valence-corrected chi connectivity index (χ1v) is 7.98. The molecule has 3 amide bonds. The molecule has 0 radical (unpaired) electrons. The molecule has 3 N–H and O–H groups in total. The van der Waals surface area contributed by atoms with Gasteiger partial charge in [-0.05, 0) is 6.92 Å². The molecule has 0 aliphatic carbocycles. The third-order valence-electron chi connectivity index (χ3n) is 3.52. The molecular formula is C13H21N3O5S. The third-order valence-corrected chi connectivity index (χ3v) is 4.73. The smallest absolute Gasteiger partial charge is 0.326 e. The van der Waals surface area contributed by atoms with E-state index < -0.39 is 17.3 Å². The Kier molecular flexibility index (Phi) is 6.82. The molecule has 22 heavy (non-hydrogen) atoms. The number of nitrogens with zero attached hydrogens (tertiary/aromatic N) is 2. The number of rotatable bonds is 8. The van der Waals surface area contributed by atoms with Gasteiger partial charge in [0.05, 0.1) is 5.25 Å². The fraction of sp³-hybridized carbons (Fsp3) is 0.692. The van der Waals surface area contributed by atoms with Crippen LogP contribution in [0.2, 0.25) is 0 Å². The fourth-order valence-electron chi connectivity index (χ4n) is 1.99. The SMILES string of the molecule is C[C@@H](C(=O)O)N(C)C(=O)CCSC1CC(=O)N(CCN)C1=O. The number of nitrogens with two attached hydrogens (primary N) is 1. The number of imide groups is 1. The second kappa shape index (κ2) is 8.14. The van der Waals surface area contributed by atoms with E-state index in [1.165, 1.54) is 25.7 Å². The maximum atomic E-state index is 12.0. The highest BCUT2D eigenvalue weighted by Gasteiger charge is 2.38. The van der Waals surface area contributed by atoms with Gasteiger partial charge in [0.1, 0.15) is 6.04 Å². The van der Waals surface area contributed by atoms with E-state index in [1.54, 1.807) is 0 Å². The Labute approximate surface area is 133 Å². The van der Waals surface area contributed by atoms with Gasteiger partial charge in [-0.3, -0.25) is 19.3 Å². The molecule has 1 unspecified atom stereocenters. The molecule has 0 aromatic rings. The number of amides is 3. The number of carboxylic acids is 1. The van der Waals surface area contributed by atoms with Crippen LogP contribution in [0.4, 0.5) is 0 Å². The largest absolute Gasteiger partial charge is 0.480 e. The molecule has 124 valence electrons. The lowest BCUT2D eigenvalue weighted by molar-refractivity contribution is -0.148. The molecule has 1 fully saturated rings. The molecule has 1 saturated heterocycles. The van der Waals surface area contributed by atoms with Crippen LogP contribution in [0.3, 0.4) is 0 Å². The number of aliphatic carboxylic acids is 1. The minimum absolute atomic E-state index is 0.119. The van der Waals surface area contributed by atoms with Crippen LogP contribution >= 0.6 is 11.8 Å². The number of carbonyl (C=O) groups excluding carboxylic acids is 3. The predicted octanol–water partition coefficient (Wildman–Crippen LogP) is -0.873. The normalized spacial score (nSPS) is 19.4. The quantitative estimate of drug-likeness (QED) is 0.554. The van der Waals surface area contributed by atoms with Gasteiger partial charge >= 0.3 is 5.97 Å². The van der Waals surface area contributed by atoms with E-state index in [1.807, 2.05) is 0 Å². The van der Waals surface area contributed by atoms with Crippen molar-refractivity contribution in [3.8, 4) is 0 Å². The standard InChI is InChI=1S/C13H21N3O5S/c1-8(13(20)21)15(2)10(17)3-6-22-9-7-11(18)16(5-4-14)12(9)19/h8-9H,3-7,14H2,1-2H3,(H,20,21)/t8-,9?/m0/s1. The van der Waals surface area contributed by atoms with E-state index in [0.717, 1.165) is 9.80 Å². The van der Waals surface area contributed by atoms with E-state index in [2.05, 4.69) is 0 Å². The Hall–Kier alpha value is -1.61. The summed E-state index contributed by atoms with van der Waals surface area (Å²) in [7, 11) is 1.43. The second-order valence-corrected chi connectivity index (χ2v) is 6.32. The first-order valence-electron chi connectivity index (χ1n) is 6.94. The maximum absolute atomic E-state index is 12.0. The summed E-state index contributed by atoms with van der Waals surface area (Å²) in [5.74, 6) is -1.53. The summed E-state index contributed by atoms with van der Waals surface area (Å²) in [5.41, 5.74) is 5.35. The van der Waals surface area contributed by atoms with Crippen molar-refractivity contribution in [2.45, 2.75) is 31.1 Å². The van der Waals surface area contributed by atoms with Gasteiger partial charge in [-0.15, -0.1) is 11.8 Å². The van der Waals surface area contributed by atoms with Gasteiger partial charge in [0.2, 0.25) is 17.7 Å². The van der Waals surface area contributed by atoms with Crippen molar-refractivity contribution in [2.75, 3.05) is 25.9 Å². The Morgan fingerprint density at radius 2 is 2.14 bits per heavy atom. The summed E-state index contributed by atoms with van der Waals surface area (Å²) >= 11 is 1.24. The summed E-state index contributed by atoms with van der Waals surface area (Å²) in [6.45, 7) is 1.87. The lowest BCUT2D eigenvalue weighted by Gasteiger charge is -2.21. The molecule has 1 rings (SSSR count). The molecule has 1 aliphatic rings. The lowest BCUT2D eigenvalue weighted by Crippen LogP contribution is -2.40. The van der Waals surface area contributed by atoms with Gasteiger partial charge in [0, 0.05) is 38.7 Å². The number of likely N-dealkylation sites (tertiary alicyclic amines) is 1. The van der Waals surface area contributed by atoms with Crippen molar-refractivity contribution in [1.29, 1.82) is 0 Å². The number of hydrogen-bond acceptors (Lipinski definition) is 6. The van der Waals surface area contributed by atoms with Crippen molar-refractivity contribution < 1.29 is 24.3 Å². The molecule has 1 heterocycles. The van der Waals surface area contributed by atoms with Crippen molar-refractivity contribution in [3.63, 3.8) is 0 Å². The molecular weight excluding hydrogens is 310 g/mol. The molecule has 0 aromatic carbocycles. The molecule has 0 saturated carbocycles. The van der Waals surface area contributed by atoms with E-state index in [9.17, 15) is 19.2 Å². The zero-order valence-electron chi connectivity index (χ0n) is 12.7. The highest BCUT2D eigenvalue weighted by molar-refractivity contribution is 8.00. The number of carbonyl (C=O) groups is 4. The Morgan fingerprint density at radius 1 is 1.50 bits per heavy atom. The van der Waals surface area contributed by atoms with Crippen LogP contribution in [0.1, 0.15) is 19.8 Å². The van der Waals surface area contributed by atoms with Crippen LogP contribution in [0, 0.1) is 0 Å². The molecule has 2 atom stereocenters. The van der Waals surface area contributed by atoms with Crippen molar-refractivity contribution in [3.05, 3.63) is 0 Å². The third kappa shape index (κ3) is 4.44. The molecule has 0 bridgehead atoms. The zero-order chi connectivity index (χ0) is 16.9. The van der Waals surface area contributed by atoms with Gasteiger partial charge in [-0.1, -0.05) is 0 Å². The lowest BCUT2D eigenvalue weighted by atomic mass is 10.3. The molecule has 1 aliphatic heterocycles. The maximum Gasteiger partial charge on any atom is 0.326 e. The van der Waals surface area contributed by atoms with E-state index in [-0.39, 0.29) is 43.7 Å². The average molecular weight is 331 g/mol. The van der Waals surface area contributed by atoms with E-state index >= 15 is 0 Å². The molecule has 8 nitrogen and oxygen atoms in total. The number of carboxylic acid groups (broad SMARTS) is 1. The van der Waals surface area contributed by atoms with Gasteiger partial charge in [0.25, 0.3) is 0 Å². The van der Waals surface area contributed by atoms with Crippen LogP contribution in [-0.4, -0.2) is 75.8 Å². The minimum atomic E-state index is -1.07. The molecule has 0 aromatic heterocycles. The predicted molar refractivity (Wildman–Crippen MR) is 81.1 cm³/mol. The van der Waals surface area contributed by atoms with Crippen molar-refractivity contribution in [2.24, 2.45) is 5.73 Å². The van der Waals surface area contributed by atoms with Crippen molar-refractivity contribution in [1.82, 2.24) is 9.80 Å². The van der Waals surface area contributed by atoms with Crippen LogP contribution in [0.25, 0.3) is 0 Å². The summed E-state index contributed by atoms with van der Waals surface area (Å²) in [5, 5.41) is 8.37. The van der Waals surface area contributed by atoms with Gasteiger partial charge in [0.15, 0.2) is 0 Å². The van der Waals surface area contributed by atoms with Crippen LogP contribution in [0.5, 0.6) is 0 Å². The number of likely N-dealkylation sites (N-methyl/N-ethyl adjacent to an activating group) is 1. The first kappa shape index (κ1) is 18.4. The second-order valence-electron chi connectivity index (χ2n) is 5.00. The molecule has 9 heteroatoms. The van der Waals surface area contributed by atoms with Crippen LogP contribution in [-0.2, 0) is 19.2 Å². The van der Waals surface area contributed by atoms with Gasteiger partial charge in [-0.2, -0.15) is 0 Å². The molecule has 0 spiro atoms. The highest BCUT2D eigenvalue weighted by Crippen LogP contribution is 2.25. The Morgan fingerprint density at radius 3 is 2.68 bits per heavy atom. The average Bonchev–Trinajstić information content (AvgIpc) is 2.73. The van der Waals surface area contributed by atoms with E-state index in [4.69, 9.17) is 10.8 Å². The van der Waals surface area contributed by atoms with Crippen molar-refractivity contribution >= 4 is 35.5 Å². The minimum Gasteiger partial charge on any atom is -0.480 e. The zero-order valence-corrected chi connectivity index (χ0v) is 13.5. The fourth-order valence-corrected chi connectivity index (χ4v) is 3.10. The monoisotopic (exact) mass is 331 g/mol. The summed E-state index contributed by atoms with van der Waals surface area (Å²) in [6.07, 6.45) is 0.243. The summed E-state index contributed by atoms with van der Waals surface area (Å²) < 4.78 is 0. The van der Waals surface area contributed by atoms with Gasteiger partial charge in [-0.25, -0.2) is 4.79 Å². The van der Waals surface area contributed by atoms with E-state index in [0.29, 0.717) is 5.75 Å².